The Hall–Kier alpha value is -1.89. The van der Waals surface area contributed by atoms with Gasteiger partial charge >= 0.3 is 5.69 Å². The second kappa shape index (κ2) is 8.20. The minimum absolute atomic E-state index is 0.0426. The van der Waals surface area contributed by atoms with Gasteiger partial charge in [-0.2, -0.15) is 0 Å². The van der Waals surface area contributed by atoms with Crippen molar-refractivity contribution in [3.05, 3.63) is 61.3 Å². The SMILES string of the molecule is O=c1[nH]c2c(c(=O)n1CCCO)CCC(Cc1ccc(Cl)cc1)C(Cl)=N2. The van der Waals surface area contributed by atoms with Crippen LogP contribution in [0.25, 0.3) is 0 Å². The Morgan fingerprint density at radius 3 is 2.65 bits per heavy atom. The van der Waals surface area contributed by atoms with Crippen molar-refractivity contribution in [1.82, 2.24) is 9.55 Å². The molecule has 2 heterocycles. The monoisotopic (exact) mass is 395 g/mol. The number of hydrogen-bond acceptors (Lipinski definition) is 4. The number of nitrogens with zero attached hydrogens (tertiary/aromatic N) is 2. The summed E-state index contributed by atoms with van der Waals surface area (Å²) in [5, 5.41) is 9.99. The number of aliphatic imine (C=N–C) groups is 1. The van der Waals surface area contributed by atoms with Crippen LogP contribution in [0.2, 0.25) is 5.02 Å². The molecular weight excluding hydrogens is 377 g/mol. The molecule has 0 saturated heterocycles. The lowest BCUT2D eigenvalue weighted by Crippen LogP contribution is -2.37. The highest BCUT2D eigenvalue weighted by atomic mass is 35.5. The highest BCUT2D eigenvalue weighted by Gasteiger charge is 2.23. The summed E-state index contributed by atoms with van der Waals surface area (Å²) in [5.41, 5.74) is 0.635. The highest BCUT2D eigenvalue weighted by molar-refractivity contribution is 6.66. The van der Waals surface area contributed by atoms with Crippen LogP contribution in [0.5, 0.6) is 0 Å². The Bertz CT molecular complexity index is 932. The minimum atomic E-state index is -0.536. The van der Waals surface area contributed by atoms with Gasteiger partial charge in [0.25, 0.3) is 5.56 Å². The number of fused-ring (bicyclic) bond motifs is 1. The molecule has 8 heteroatoms. The third-order valence-corrected chi connectivity index (χ3v) is 5.14. The van der Waals surface area contributed by atoms with Crippen LogP contribution in [-0.2, 0) is 19.4 Å². The molecule has 1 aromatic carbocycles. The van der Waals surface area contributed by atoms with Crippen LogP contribution >= 0.6 is 23.2 Å². The topological polar surface area (TPSA) is 87.5 Å². The summed E-state index contributed by atoms with van der Waals surface area (Å²) < 4.78 is 1.11. The van der Waals surface area contributed by atoms with Crippen molar-refractivity contribution in [3.8, 4) is 0 Å². The first kappa shape index (κ1) is 18.9. The number of nitrogens with one attached hydrogen (secondary N) is 1. The highest BCUT2D eigenvalue weighted by Crippen LogP contribution is 2.27. The van der Waals surface area contributed by atoms with Crippen LogP contribution < -0.4 is 11.2 Å². The molecule has 0 spiro atoms. The van der Waals surface area contributed by atoms with E-state index in [4.69, 9.17) is 28.3 Å². The summed E-state index contributed by atoms with van der Waals surface area (Å²) in [5.74, 6) is 0.197. The van der Waals surface area contributed by atoms with Gasteiger partial charge in [0, 0.05) is 24.1 Å². The fourth-order valence-electron chi connectivity index (χ4n) is 3.08. The smallest absolute Gasteiger partial charge is 0.329 e. The molecule has 1 aromatic heterocycles. The van der Waals surface area contributed by atoms with Gasteiger partial charge in [0.05, 0.1) is 5.56 Å². The molecule has 2 aromatic rings. The van der Waals surface area contributed by atoms with E-state index in [1.807, 2.05) is 24.3 Å². The van der Waals surface area contributed by atoms with E-state index >= 15 is 0 Å². The second-order valence-corrected chi connectivity index (χ2v) is 7.12. The van der Waals surface area contributed by atoms with E-state index in [9.17, 15) is 9.59 Å². The first-order valence-electron chi connectivity index (χ1n) is 8.45. The molecule has 0 radical (unpaired) electrons. The minimum Gasteiger partial charge on any atom is -0.396 e. The van der Waals surface area contributed by atoms with Gasteiger partial charge in [-0.25, -0.2) is 9.79 Å². The first-order valence-corrected chi connectivity index (χ1v) is 9.20. The van der Waals surface area contributed by atoms with Crippen LogP contribution in [0.3, 0.4) is 0 Å². The summed E-state index contributed by atoms with van der Waals surface area (Å²) in [6.07, 6.45) is 2.14. The average molecular weight is 396 g/mol. The van der Waals surface area contributed by atoms with Crippen molar-refractivity contribution < 1.29 is 5.11 Å². The van der Waals surface area contributed by atoms with Crippen LogP contribution in [0.1, 0.15) is 24.0 Å². The largest absolute Gasteiger partial charge is 0.396 e. The van der Waals surface area contributed by atoms with Crippen molar-refractivity contribution in [1.29, 1.82) is 0 Å². The lowest BCUT2D eigenvalue weighted by Gasteiger charge is -2.13. The Morgan fingerprint density at radius 1 is 1.23 bits per heavy atom. The third-order valence-electron chi connectivity index (χ3n) is 4.49. The van der Waals surface area contributed by atoms with E-state index < -0.39 is 5.69 Å². The number of benzene rings is 1. The van der Waals surface area contributed by atoms with E-state index in [0.717, 1.165) is 10.1 Å². The van der Waals surface area contributed by atoms with E-state index in [1.54, 1.807) is 0 Å². The molecule has 1 atom stereocenters. The summed E-state index contributed by atoms with van der Waals surface area (Å²) >= 11 is 12.3. The number of aromatic nitrogens is 2. The normalized spacial score (nSPS) is 16.7. The van der Waals surface area contributed by atoms with Crippen molar-refractivity contribution in [2.75, 3.05) is 6.61 Å². The number of aliphatic hydroxyl groups excluding tert-OH is 1. The Morgan fingerprint density at radius 2 is 1.96 bits per heavy atom. The zero-order chi connectivity index (χ0) is 18.7. The molecule has 138 valence electrons. The standard InChI is InChI=1S/C18H19Cl2N3O3/c19-13-5-2-11(3-6-13)10-12-4-7-14-16(21-15(12)20)22-18(26)23(17(14)25)8-1-9-24/h2-3,5-6,12,24H,1,4,7-10H2,(H,22,26). The maximum Gasteiger partial charge on any atom is 0.329 e. The van der Waals surface area contributed by atoms with Gasteiger partial charge in [0.1, 0.15) is 11.0 Å². The fraction of sp³-hybridized carbons (Fsp3) is 0.389. The molecule has 0 aliphatic carbocycles. The number of aliphatic hydroxyl groups is 1. The Balaban J connectivity index is 1.89. The first-order chi connectivity index (χ1) is 12.5. The van der Waals surface area contributed by atoms with Gasteiger partial charge in [-0.1, -0.05) is 35.3 Å². The molecule has 0 saturated carbocycles. The van der Waals surface area contributed by atoms with Crippen LogP contribution in [0, 0.1) is 5.92 Å². The van der Waals surface area contributed by atoms with Gasteiger partial charge in [-0.3, -0.25) is 14.3 Å². The lowest BCUT2D eigenvalue weighted by atomic mass is 9.95. The number of halogens is 2. The summed E-state index contributed by atoms with van der Waals surface area (Å²) in [4.78, 5) is 31.7. The molecule has 1 aliphatic rings. The molecule has 0 amide bonds. The molecule has 0 bridgehead atoms. The number of aromatic amines is 1. The lowest BCUT2D eigenvalue weighted by molar-refractivity contribution is 0.278. The van der Waals surface area contributed by atoms with Gasteiger partial charge in [-0.05, 0) is 43.4 Å². The van der Waals surface area contributed by atoms with Crippen molar-refractivity contribution >= 4 is 34.2 Å². The predicted octanol–water partition coefficient (Wildman–Crippen LogP) is 2.65. The maximum absolute atomic E-state index is 12.6. The van der Waals surface area contributed by atoms with Gasteiger partial charge in [0.2, 0.25) is 0 Å². The van der Waals surface area contributed by atoms with E-state index in [2.05, 4.69) is 9.98 Å². The second-order valence-electron chi connectivity index (χ2n) is 6.29. The van der Waals surface area contributed by atoms with E-state index in [-0.39, 0.29) is 30.4 Å². The molecule has 3 rings (SSSR count). The van der Waals surface area contributed by atoms with Crippen molar-refractivity contribution in [3.63, 3.8) is 0 Å². The summed E-state index contributed by atoms with van der Waals surface area (Å²) in [6.45, 7) is 0.0830. The molecule has 1 unspecified atom stereocenters. The van der Waals surface area contributed by atoms with Gasteiger partial charge in [0.15, 0.2) is 0 Å². The summed E-state index contributed by atoms with van der Waals surface area (Å²) in [7, 11) is 0. The molecule has 0 fully saturated rings. The van der Waals surface area contributed by atoms with Crippen LogP contribution in [0.15, 0.2) is 38.8 Å². The van der Waals surface area contributed by atoms with Crippen molar-refractivity contribution in [2.45, 2.75) is 32.2 Å². The number of hydrogen-bond donors (Lipinski definition) is 2. The van der Waals surface area contributed by atoms with Crippen LogP contribution in [-0.4, -0.2) is 26.4 Å². The van der Waals surface area contributed by atoms with Crippen molar-refractivity contribution in [2.24, 2.45) is 10.9 Å². The fourth-order valence-corrected chi connectivity index (χ4v) is 3.48. The molecular formula is C18H19Cl2N3O3. The van der Waals surface area contributed by atoms with Gasteiger partial charge < -0.3 is 5.11 Å². The number of rotatable bonds is 5. The molecule has 1 aliphatic heterocycles. The average Bonchev–Trinajstić information content (AvgIpc) is 2.76. The zero-order valence-corrected chi connectivity index (χ0v) is 15.6. The maximum atomic E-state index is 12.6. The van der Waals surface area contributed by atoms with Gasteiger partial charge in [-0.15, -0.1) is 0 Å². The molecule has 26 heavy (non-hydrogen) atoms. The summed E-state index contributed by atoms with van der Waals surface area (Å²) in [6, 6.07) is 7.53. The number of H-pyrrole nitrogens is 1. The third kappa shape index (κ3) is 4.09. The quantitative estimate of drug-likeness (QED) is 0.815. The Labute approximate surface area is 160 Å². The Kier molecular flexibility index (Phi) is 5.96. The molecule has 6 nitrogen and oxygen atoms in total. The molecule has 2 N–H and O–H groups in total. The predicted molar refractivity (Wildman–Crippen MR) is 103 cm³/mol. The van der Waals surface area contributed by atoms with Crippen LogP contribution in [0.4, 0.5) is 5.82 Å². The zero-order valence-electron chi connectivity index (χ0n) is 14.0. The van der Waals surface area contributed by atoms with E-state index in [0.29, 0.717) is 41.4 Å². The van der Waals surface area contributed by atoms with E-state index in [1.165, 1.54) is 0 Å².